The Bertz CT molecular complexity index is 926. The van der Waals surface area contributed by atoms with Crippen LogP contribution in [0.25, 0.3) is 15.3 Å². The highest BCUT2D eigenvalue weighted by molar-refractivity contribution is 7.17. The van der Waals surface area contributed by atoms with E-state index >= 15 is 0 Å². The average molecular weight is 349 g/mol. The van der Waals surface area contributed by atoms with Crippen LogP contribution in [0, 0.1) is 6.57 Å². The number of rotatable bonds is 5. The van der Waals surface area contributed by atoms with Crippen LogP contribution in [0.2, 0.25) is 0 Å². The summed E-state index contributed by atoms with van der Waals surface area (Å²) in [6.07, 6.45) is 0. The molecule has 0 spiro atoms. The second-order valence-electron chi connectivity index (χ2n) is 5.22. The lowest BCUT2D eigenvalue weighted by Gasteiger charge is -2.09. The van der Waals surface area contributed by atoms with Crippen LogP contribution in [0.5, 0.6) is 5.75 Å². The Morgan fingerprint density at radius 2 is 1.92 bits per heavy atom. The van der Waals surface area contributed by atoms with Crippen molar-refractivity contribution in [3.8, 4) is 16.2 Å². The van der Waals surface area contributed by atoms with Gasteiger partial charge in [-0.2, -0.15) is 0 Å². The molecule has 124 valence electrons. The summed E-state index contributed by atoms with van der Waals surface area (Å²) in [5.74, 6) is 0.191. The minimum absolute atomic E-state index is 0.357. The molecule has 2 aromatic carbocycles. The molecule has 0 unspecified atom stereocenters. The largest absolute Gasteiger partial charge is 0.500 e. The second-order valence-corrected chi connectivity index (χ2v) is 6.31. The number of carbonyl (C=O) groups is 1. The zero-order chi connectivity index (χ0) is 17.6. The van der Waals surface area contributed by atoms with Gasteiger partial charge in [0, 0.05) is 4.88 Å². The lowest BCUT2D eigenvalue weighted by atomic mass is 10.1. The molecule has 0 aliphatic carbocycles. The van der Waals surface area contributed by atoms with Crippen LogP contribution in [-0.4, -0.2) is 13.1 Å². The van der Waals surface area contributed by atoms with E-state index < -0.39 is 0 Å². The standard InChI is InChI=1S/C20H15NO3S/c1-21-16-12-15(18-10-11-19(25-18)20(22)23-2)8-9-17(16)24-13-14-6-4-3-5-7-14/h3-12H,13H2,2H3. The number of esters is 1. The number of hydrogen-bond acceptors (Lipinski definition) is 4. The zero-order valence-electron chi connectivity index (χ0n) is 13.6. The third-order valence-electron chi connectivity index (χ3n) is 3.59. The predicted octanol–water partition coefficient (Wildman–Crippen LogP) is 5.33. The molecule has 5 heteroatoms. The topological polar surface area (TPSA) is 39.9 Å². The molecule has 0 aliphatic heterocycles. The van der Waals surface area contributed by atoms with E-state index in [-0.39, 0.29) is 5.97 Å². The fourth-order valence-electron chi connectivity index (χ4n) is 2.32. The number of carbonyl (C=O) groups excluding carboxylic acids is 1. The molecule has 0 atom stereocenters. The molecule has 0 bridgehead atoms. The van der Waals surface area contributed by atoms with Crippen LogP contribution in [-0.2, 0) is 11.3 Å². The van der Waals surface area contributed by atoms with Crippen molar-refractivity contribution in [3.63, 3.8) is 0 Å². The van der Waals surface area contributed by atoms with Crippen molar-refractivity contribution in [1.82, 2.24) is 0 Å². The van der Waals surface area contributed by atoms with Crippen molar-refractivity contribution in [2.45, 2.75) is 6.61 Å². The first-order valence-electron chi connectivity index (χ1n) is 7.58. The number of thiophene rings is 1. The fraction of sp³-hybridized carbons (Fsp3) is 0.100. The highest BCUT2D eigenvalue weighted by atomic mass is 32.1. The highest BCUT2D eigenvalue weighted by Crippen LogP contribution is 2.36. The SMILES string of the molecule is [C-]#[N+]c1cc(-c2ccc(C(=O)OC)s2)ccc1OCc1ccccc1. The maximum Gasteiger partial charge on any atom is 0.348 e. The molecule has 0 aliphatic rings. The van der Waals surface area contributed by atoms with E-state index in [2.05, 4.69) is 4.85 Å². The van der Waals surface area contributed by atoms with E-state index in [0.717, 1.165) is 16.0 Å². The number of ether oxygens (including phenoxy) is 2. The van der Waals surface area contributed by atoms with E-state index in [9.17, 15) is 4.79 Å². The normalized spacial score (nSPS) is 10.1. The van der Waals surface area contributed by atoms with Gasteiger partial charge in [-0.1, -0.05) is 36.4 Å². The van der Waals surface area contributed by atoms with Crippen molar-refractivity contribution in [3.05, 3.63) is 82.5 Å². The Hall–Kier alpha value is -3.10. The molecule has 0 saturated carbocycles. The monoisotopic (exact) mass is 349 g/mol. The minimum atomic E-state index is -0.357. The summed E-state index contributed by atoms with van der Waals surface area (Å²) in [6.45, 7) is 7.82. The van der Waals surface area contributed by atoms with Crippen LogP contribution < -0.4 is 4.74 Å². The molecule has 3 rings (SSSR count). The molecule has 0 fully saturated rings. The van der Waals surface area contributed by atoms with Crippen molar-refractivity contribution >= 4 is 23.0 Å². The van der Waals surface area contributed by atoms with Gasteiger partial charge in [-0.15, -0.1) is 11.3 Å². The first kappa shape index (κ1) is 16.7. The van der Waals surface area contributed by atoms with E-state index in [4.69, 9.17) is 16.0 Å². The van der Waals surface area contributed by atoms with Crippen molar-refractivity contribution < 1.29 is 14.3 Å². The van der Waals surface area contributed by atoms with Crippen LogP contribution in [0.15, 0.2) is 60.7 Å². The van der Waals surface area contributed by atoms with Crippen LogP contribution >= 0.6 is 11.3 Å². The van der Waals surface area contributed by atoms with Gasteiger partial charge < -0.3 is 9.47 Å². The van der Waals surface area contributed by atoms with Crippen molar-refractivity contribution in [2.24, 2.45) is 0 Å². The molecular weight excluding hydrogens is 334 g/mol. The quantitative estimate of drug-likeness (QED) is 0.461. The Morgan fingerprint density at radius 3 is 2.64 bits per heavy atom. The Morgan fingerprint density at radius 1 is 1.12 bits per heavy atom. The van der Waals surface area contributed by atoms with Gasteiger partial charge in [0.2, 0.25) is 5.69 Å². The number of benzene rings is 2. The summed E-state index contributed by atoms with van der Waals surface area (Å²) in [6, 6.07) is 18.9. The summed E-state index contributed by atoms with van der Waals surface area (Å²) < 4.78 is 10.5. The molecule has 0 radical (unpaired) electrons. The molecule has 3 aromatic rings. The van der Waals surface area contributed by atoms with Crippen LogP contribution in [0.3, 0.4) is 0 Å². The van der Waals surface area contributed by atoms with E-state index in [0.29, 0.717) is 22.9 Å². The lowest BCUT2D eigenvalue weighted by molar-refractivity contribution is 0.0606. The molecule has 0 amide bonds. The molecule has 1 heterocycles. The smallest absolute Gasteiger partial charge is 0.348 e. The third-order valence-corrected chi connectivity index (χ3v) is 4.71. The number of hydrogen-bond donors (Lipinski definition) is 0. The molecule has 4 nitrogen and oxygen atoms in total. The summed E-state index contributed by atoms with van der Waals surface area (Å²) in [4.78, 5) is 16.6. The maximum atomic E-state index is 11.6. The van der Waals surface area contributed by atoms with Gasteiger partial charge in [-0.05, 0) is 35.4 Å². The Balaban J connectivity index is 1.81. The first-order chi connectivity index (χ1) is 12.2. The molecule has 0 saturated heterocycles. The highest BCUT2D eigenvalue weighted by Gasteiger charge is 2.12. The van der Waals surface area contributed by atoms with Crippen molar-refractivity contribution in [1.29, 1.82) is 0 Å². The van der Waals surface area contributed by atoms with Gasteiger partial charge in [0.1, 0.15) is 17.2 Å². The van der Waals surface area contributed by atoms with E-state index in [1.54, 1.807) is 18.2 Å². The lowest BCUT2D eigenvalue weighted by Crippen LogP contribution is -1.96. The molecule has 25 heavy (non-hydrogen) atoms. The average Bonchev–Trinajstić information content (AvgIpc) is 3.16. The third kappa shape index (κ3) is 3.87. The van der Waals surface area contributed by atoms with Gasteiger partial charge in [-0.3, -0.25) is 0 Å². The van der Waals surface area contributed by atoms with E-state index in [1.165, 1.54) is 18.4 Å². The predicted molar refractivity (Wildman–Crippen MR) is 98.1 cm³/mol. The summed E-state index contributed by atoms with van der Waals surface area (Å²) in [5.41, 5.74) is 2.36. The summed E-state index contributed by atoms with van der Waals surface area (Å²) >= 11 is 1.34. The molecule has 0 N–H and O–H groups in total. The minimum Gasteiger partial charge on any atom is -0.500 e. The zero-order valence-corrected chi connectivity index (χ0v) is 14.4. The summed E-state index contributed by atoms with van der Waals surface area (Å²) in [5, 5.41) is 0. The second kappa shape index (κ2) is 7.65. The Labute approximate surface area is 150 Å². The number of nitrogens with zero attached hydrogens (tertiary/aromatic N) is 1. The van der Waals surface area contributed by atoms with E-state index in [1.807, 2.05) is 42.5 Å². The first-order valence-corrected chi connectivity index (χ1v) is 8.39. The maximum absolute atomic E-state index is 11.6. The van der Waals surface area contributed by atoms with Gasteiger partial charge >= 0.3 is 5.97 Å². The van der Waals surface area contributed by atoms with Gasteiger partial charge in [0.05, 0.1) is 13.7 Å². The van der Waals surface area contributed by atoms with Gasteiger partial charge in [0.25, 0.3) is 0 Å². The Kier molecular flexibility index (Phi) is 5.12. The van der Waals surface area contributed by atoms with Gasteiger partial charge in [0.15, 0.2) is 0 Å². The summed E-state index contributed by atoms with van der Waals surface area (Å²) in [7, 11) is 1.36. The van der Waals surface area contributed by atoms with Crippen LogP contribution in [0.1, 0.15) is 15.2 Å². The molecule has 1 aromatic heterocycles. The fourth-order valence-corrected chi connectivity index (χ4v) is 3.24. The van der Waals surface area contributed by atoms with Crippen LogP contribution in [0.4, 0.5) is 5.69 Å². The van der Waals surface area contributed by atoms with Gasteiger partial charge in [-0.25, -0.2) is 9.64 Å². The van der Waals surface area contributed by atoms with Crippen molar-refractivity contribution in [2.75, 3.05) is 7.11 Å². The number of methoxy groups -OCH3 is 1. The molecular formula is C20H15NO3S.